The van der Waals surface area contributed by atoms with E-state index in [1.54, 1.807) is 0 Å². The van der Waals surface area contributed by atoms with Gasteiger partial charge in [-0.2, -0.15) is 0 Å². The molecule has 0 fully saturated rings. The maximum absolute atomic E-state index is 9.89. The summed E-state index contributed by atoms with van der Waals surface area (Å²) in [7, 11) is 0. The Labute approximate surface area is 76.9 Å². The average molecular weight is 336 g/mol. The van der Waals surface area contributed by atoms with E-state index in [1.165, 1.54) is 0 Å². The first-order valence-corrected chi connectivity index (χ1v) is 4.77. The van der Waals surface area contributed by atoms with Crippen LogP contribution in [0.5, 0.6) is 0 Å². The molecule has 0 unspecified atom stereocenters. The molecule has 0 saturated heterocycles. The van der Waals surface area contributed by atoms with Crippen LogP contribution in [-0.4, -0.2) is 0 Å². The third kappa shape index (κ3) is 21.7. The van der Waals surface area contributed by atoms with E-state index >= 15 is 0 Å². The molecule has 0 aliphatic carbocycles. The molecule has 5 heteroatoms. The molecular formula is CeF3La. The van der Waals surface area contributed by atoms with Gasteiger partial charge >= 0.3 is 37.1 Å². The fraction of sp³-hybridized carbons (Fsp3) is 0. The second kappa shape index (κ2) is 6.36. The molecule has 0 aromatic rings. The third-order valence-electron chi connectivity index (χ3n) is 0. The van der Waals surface area contributed by atoms with Crippen LogP contribution in [0.15, 0.2) is 0 Å². The van der Waals surface area contributed by atoms with Crippen LogP contribution in [0.1, 0.15) is 0 Å². The van der Waals surface area contributed by atoms with Gasteiger partial charge in [0.2, 0.25) is 0 Å². The van der Waals surface area contributed by atoms with Crippen molar-refractivity contribution in [1.82, 2.24) is 0 Å². The Morgan fingerprint density at radius 2 is 1.00 bits per heavy atom. The van der Waals surface area contributed by atoms with Gasteiger partial charge in [0.1, 0.15) is 0 Å². The van der Waals surface area contributed by atoms with Gasteiger partial charge in [0.25, 0.3) is 0 Å². The van der Waals surface area contributed by atoms with Crippen LogP contribution in [0.25, 0.3) is 0 Å². The van der Waals surface area contributed by atoms with Gasteiger partial charge in [-0.1, -0.05) is 0 Å². The molecule has 0 N–H and O–H groups in total. The molecule has 0 atom stereocenters. The zero-order chi connectivity index (χ0) is 3.58. The first-order chi connectivity index (χ1) is 1.73. The summed E-state index contributed by atoms with van der Waals surface area (Å²) in [5.41, 5.74) is 0. The molecule has 5 heavy (non-hydrogen) atoms. The molecule has 0 spiro atoms. The Hall–Kier alpha value is 2.36. The van der Waals surface area contributed by atoms with E-state index in [0.717, 1.165) is 0 Å². The Bertz CT molecular complexity index is 11.6. The molecule has 0 aromatic carbocycles. The van der Waals surface area contributed by atoms with E-state index in [-0.39, 0.29) is 41.7 Å². The summed E-state index contributed by atoms with van der Waals surface area (Å²) in [6.07, 6.45) is 0. The van der Waals surface area contributed by atoms with E-state index < -0.39 is 32.2 Å². The fourth-order valence-electron chi connectivity index (χ4n) is 0. The van der Waals surface area contributed by atoms with E-state index in [0.29, 0.717) is 0 Å². The monoisotopic (exact) mass is 336 g/mol. The number of rotatable bonds is 0. The molecule has 0 amide bonds. The number of halogens is 3. The molecule has 0 rings (SSSR count). The minimum atomic E-state index is -5.22. The molecule has 0 bridgehead atoms. The van der Waals surface area contributed by atoms with Gasteiger partial charge in [-0.15, -0.1) is 0 Å². The predicted molar refractivity (Wildman–Crippen MR) is 3.32 cm³/mol. The van der Waals surface area contributed by atoms with Crippen molar-refractivity contribution in [2.24, 2.45) is 0 Å². The van der Waals surface area contributed by atoms with Crippen LogP contribution in [0.3, 0.4) is 0 Å². The van der Waals surface area contributed by atoms with E-state index in [9.17, 15) is 4.81 Å². The van der Waals surface area contributed by atoms with Crippen molar-refractivity contribution >= 4 is 0 Å². The summed E-state index contributed by atoms with van der Waals surface area (Å²) in [6, 6.07) is 0. The average Bonchev–Trinajstić information content (AvgIpc) is 0.811. The molecule has 0 nitrogen and oxygen atoms in total. The predicted octanol–water partition coefficient (Wildman–Crippen LogP) is 1.26. The van der Waals surface area contributed by atoms with Crippen LogP contribution in [0.2, 0.25) is 0 Å². The van der Waals surface area contributed by atoms with Gasteiger partial charge in [0.15, 0.2) is 0 Å². The molecule has 0 aromatic heterocycles. The second-order valence-electron chi connectivity index (χ2n) is 0.247. The first kappa shape index (κ1) is 10.4. The van der Waals surface area contributed by atoms with Gasteiger partial charge < -0.3 is 0 Å². The summed E-state index contributed by atoms with van der Waals surface area (Å²) in [4.78, 5) is 0. The summed E-state index contributed by atoms with van der Waals surface area (Å²) in [6.45, 7) is 0. The molecule has 28 valence electrons. The molecule has 0 saturated carbocycles. The van der Waals surface area contributed by atoms with E-state index in [2.05, 4.69) is 0 Å². The van der Waals surface area contributed by atoms with Crippen molar-refractivity contribution in [3.05, 3.63) is 0 Å². The number of hydrogen-bond donors (Lipinski definition) is 0. The summed E-state index contributed by atoms with van der Waals surface area (Å²) in [5, 5.41) is 0. The van der Waals surface area contributed by atoms with Crippen molar-refractivity contribution in [3.8, 4) is 0 Å². The topological polar surface area (TPSA) is 0 Å². The molecule has 0 heterocycles. The zero-order valence-electron chi connectivity index (χ0n) is 2.21. The van der Waals surface area contributed by atoms with Crippen LogP contribution >= 0.6 is 0 Å². The second-order valence-corrected chi connectivity index (χ2v) is 1.80. The summed E-state index contributed by atoms with van der Waals surface area (Å²) < 4.78 is 29.7. The van der Waals surface area contributed by atoms with Crippen molar-refractivity contribution < 1.29 is 78.8 Å². The van der Waals surface area contributed by atoms with Crippen LogP contribution < -0.4 is 0 Å². The molecular weight excluding hydrogens is 336 g/mol. The molecule has 0 aliphatic heterocycles. The first-order valence-electron chi connectivity index (χ1n) is 0.655. The third-order valence-corrected chi connectivity index (χ3v) is 0. The quantitative estimate of drug-likeness (QED) is 0.625. The normalized spacial score (nSPS) is 5.40. The molecule has 0 aliphatic rings. The van der Waals surface area contributed by atoms with Crippen molar-refractivity contribution in [3.63, 3.8) is 0 Å². The summed E-state index contributed by atoms with van der Waals surface area (Å²) >= 11 is -5.22. The SMILES string of the molecule is [Ce].[F][La]([F])[F]. The van der Waals surface area contributed by atoms with Crippen molar-refractivity contribution in [1.29, 1.82) is 0 Å². The fourth-order valence-corrected chi connectivity index (χ4v) is 0. The Morgan fingerprint density at radius 3 is 1.00 bits per heavy atom. The van der Waals surface area contributed by atoms with Gasteiger partial charge in [0.05, 0.1) is 0 Å². The van der Waals surface area contributed by atoms with Crippen molar-refractivity contribution in [2.75, 3.05) is 0 Å². The van der Waals surface area contributed by atoms with Crippen molar-refractivity contribution in [2.45, 2.75) is 0 Å². The summed E-state index contributed by atoms with van der Waals surface area (Å²) in [5.74, 6) is 0. The standard InChI is InChI=1S/Ce.3FH.La/h;3*1H;/q;;;;+3/p-3. The minimum absolute atomic E-state index is 0. The number of hydrogen-bond acceptors (Lipinski definition) is 0. The van der Waals surface area contributed by atoms with Crippen LogP contribution in [0.4, 0.5) is 4.81 Å². The Morgan fingerprint density at radius 1 is 1.00 bits per heavy atom. The van der Waals surface area contributed by atoms with Gasteiger partial charge in [0, 0.05) is 41.7 Å². The van der Waals surface area contributed by atoms with Gasteiger partial charge in [-0.3, -0.25) is 0 Å². The Balaban J connectivity index is 0. The van der Waals surface area contributed by atoms with Gasteiger partial charge in [-0.05, 0) is 0 Å². The molecule has 0 radical (unpaired) electrons. The van der Waals surface area contributed by atoms with Crippen LogP contribution in [-0.2, 0) is 0 Å². The maximum atomic E-state index is 9.89. The van der Waals surface area contributed by atoms with Crippen LogP contribution in [0, 0.1) is 74.0 Å². The Kier molecular flexibility index (Phi) is 13.2. The van der Waals surface area contributed by atoms with Gasteiger partial charge in [-0.25, -0.2) is 0 Å². The van der Waals surface area contributed by atoms with E-state index in [4.69, 9.17) is 0 Å². The zero-order valence-corrected chi connectivity index (χ0v) is 8.98. The van der Waals surface area contributed by atoms with E-state index in [1.807, 2.05) is 0 Å².